The van der Waals surface area contributed by atoms with Crippen LogP contribution in [0.4, 0.5) is 5.13 Å². The van der Waals surface area contributed by atoms with Gasteiger partial charge < -0.3 is 14.6 Å². The average Bonchev–Trinajstić information content (AvgIpc) is 3.44. The quantitative estimate of drug-likeness (QED) is 0.184. The minimum absolute atomic E-state index is 0.0228. The largest absolute Gasteiger partial charge is 0.507 e. The molecule has 5 rings (SSSR count). The van der Waals surface area contributed by atoms with E-state index in [-0.39, 0.29) is 11.3 Å². The van der Waals surface area contributed by atoms with Crippen molar-refractivity contribution >= 4 is 44.1 Å². The molecule has 0 radical (unpaired) electrons. The molecule has 37 heavy (non-hydrogen) atoms. The first-order valence-corrected chi connectivity index (χ1v) is 12.8. The van der Waals surface area contributed by atoms with E-state index in [0.29, 0.717) is 39.9 Å². The van der Waals surface area contributed by atoms with Gasteiger partial charge in [0.15, 0.2) is 5.13 Å². The highest BCUT2D eigenvalue weighted by atomic mass is 32.1. The molecule has 4 aromatic rings. The van der Waals surface area contributed by atoms with Crippen LogP contribution in [0, 0.1) is 6.92 Å². The van der Waals surface area contributed by atoms with Crippen molar-refractivity contribution in [3.05, 3.63) is 89.0 Å². The van der Waals surface area contributed by atoms with Crippen LogP contribution in [0.5, 0.6) is 11.5 Å². The van der Waals surface area contributed by atoms with E-state index in [9.17, 15) is 14.7 Å². The standard InChI is InChI=1S/C29H26N2O5S/c1-4-14-36-20-10-8-18(9-11-20)26(32)24-25(19-7-5-6-17(2)15-19)31(28(34)27(24)33)29-30-22-13-12-21(35-3)16-23(22)37-29/h5-13,15-16,25,32H,4,14H2,1-3H3/b26-24+. The first kappa shape index (κ1) is 24.5. The van der Waals surface area contributed by atoms with Gasteiger partial charge in [-0.1, -0.05) is 48.1 Å². The topological polar surface area (TPSA) is 89.0 Å². The number of amides is 1. The van der Waals surface area contributed by atoms with Crippen LogP contribution in [0.3, 0.4) is 0 Å². The zero-order valence-electron chi connectivity index (χ0n) is 20.7. The molecular weight excluding hydrogens is 488 g/mol. The zero-order chi connectivity index (χ0) is 26.1. The van der Waals surface area contributed by atoms with Gasteiger partial charge in [0.25, 0.3) is 5.78 Å². The number of anilines is 1. The van der Waals surface area contributed by atoms with Gasteiger partial charge >= 0.3 is 5.91 Å². The second kappa shape index (κ2) is 10.1. The van der Waals surface area contributed by atoms with E-state index in [1.54, 1.807) is 37.4 Å². The number of hydrogen-bond donors (Lipinski definition) is 1. The summed E-state index contributed by atoms with van der Waals surface area (Å²) in [5.74, 6) is -0.392. The molecule has 0 spiro atoms. The molecule has 1 unspecified atom stereocenters. The van der Waals surface area contributed by atoms with Gasteiger partial charge in [-0.05, 0) is 61.4 Å². The van der Waals surface area contributed by atoms with Crippen LogP contribution in [-0.2, 0) is 9.59 Å². The minimum atomic E-state index is -0.835. The Morgan fingerprint density at radius 2 is 1.81 bits per heavy atom. The third-order valence-electron chi connectivity index (χ3n) is 6.19. The maximum absolute atomic E-state index is 13.4. The summed E-state index contributed by atoms with van der Waals surface area (Å²) >= 11 is 1.29. The maximum Gasteiger partial charge on any atom is 0.301 e. The molecule has 1 aliphatic rings. The van der Waals surface area contributed by atoms with Crippen molar-refractivity contribution in [1.29, 1.82) is 0 Å². The lowest BCUT2D eigenvalue weighted by molar-refractivity contribution is -0.132. The summed E-state index contributed by atoms with van der Waals surface area (Å²) in [7, 11) is 1.59. The molecule has 1 N–H and O–H groups in total. The molecule has 0 aliphatic carbocycles. The van der Waals surface area contributed by atoms with Crippen molar-refractivity contribution in [1.82, 2.24) is 4.98 Å². The highest BCUT2D eigenvalue weighted by molar-refractivity contribution is 7.22. The van der Waals surface area contributed by atoms with Crippen molar-refractivity contribution in [2.45, 2.75) is 26.3 Å². The summed E-state index contributed by atoms with van der Waals surface area (Å²) in [6.45, 7) is 4.54. The lowest BCUT2D eigenvalue weighted by Gasteiger charge is -2.23. The third-order valence-corrected chi connectivity index (χ3v) is 7.21. The van der Waals surface area contributed by atoms with Crippen LogP contribution in [0.1, 0.15) is 36.1 Å². The molecule has 0 bridgehead atoms. The van der Waals surface area contributed by atoms with E-state index >= 15 is 0 Å². The van der Waals surface area contributed by atoms with Crippen LogP contribution in [0.2, 0.25) is 0 Å². The van der Waals surface area contributed by atoms with E-state index < -0.39 is 17.7 Å². The number of ether oxygens (including phenoxy) is 2. The fraction of sp³-hybridized carbons (Fsp3) is 0.207. The number of ketones is 1. The number of hydrogen-bond acceptors (Lipinski definition) is 7. The molecule has 1 amide bonds. The van der Waals surface area contributed by atoms with Crippen LogP contribution in [-0.4, -0.2) is 35.5 Å². The first-order chi connectivity index (χ1) is 17.9. The Balaban J connectivity index is 1.65. The number of fused-ring (bicyclic) bond motifs is 1. The molecule has 3 aromatic carbocycles. The summed E-state index contributed by atoms with van der Waals surface area (Å²) < 4.78 is 11.8. The van der Waals surface area contributed by atoms with Crippen molar-refractivity contribution < 1.29 is 24.2 Å². The normalized spacial score (nSPS) is 16.9. The van der Waals surface area contributed by atoms with E-state index in [2.05, 4.69) is 4.98 Å². The number of aromatic nitrogens is 1. The van der Waals surface area contributed by atoms with Gasteiger partial charge in [-0.15, -0.1) is 0 Å². The number of Topliss-reactive ketones (excluding diaryl/α,β-unsaturated/α-hetero) is 1. The average molecular weight is 515 g/mol. The van der Waals surface area contributed by atoms with E-state index in [1.807, 2.05) is 50.2 Å². The lowest BCUT2D eigenvalue weighted by Crippen LogP contribution is -2.29. The molecule has 1 aliphatic heterocycles. The van der Waals surface area contributed by atoms with Gasteiger partial charge in [-0.2, -0.15) is 0 Å². The smallest absolute Gasteiger partial charge is 0.301 e. The highest BCUT2D eigenvalue weighted by Crippen LogP contribution is 2.44. The summed E-state index contributed by atoms with van der Waals surface area (Å²) in [6.07, 6.45) is 0.875. The second-order valence-corrected chi connectivity index (χ2v) is 9.80. The molecule has 7 nitrogen and oxygen atoms in total. The summed E-state index contributed by atoms with van der Waals surface area (Å²) in [6, 6.07) is 19.0. The Kier molecular flexibility index (Phi) is 6.67. The molecule has 1 fully saturated rings. The summed E-state index contributed by atoms with van der Waals surface area (Å²) in [5.41, 5.74) is 2.81. The Labute approximate surface area is 218 Å². The molecule has 1 aromatic heterocycles. The number of aryl methyl sites for hydroxylation is 1. The number of carbonyl (C=O) groups is 2. The predicted molar refractivity (Wildman–Crippen MR) is 144 cm³/mol. The molecule has 188 valence electrons. The molecule has 1 atom stereocenters. The summed E-state index contributed by atoms with van der Waals surface area (Å²) in [4.78, 5) is 32.9. The highest BCUT2D eigenvalue weighted by Gasteiger charge is 2.48. The first-order valence-electron chi connectivity index (χ1n) is 12.0. The Bertz CT molecular complexity index is 1520. The molecule has 0 saturated carbocycles. The molecule has 8 heteroatoms. The van der Waals surface area contributed by atoms with Gasteiger partial charge in [0.2, 0.25) is 0 Å². The third kappa shape index (κ3) is 4.56. The van der Waals surface area contributed by atoms with Crippen LogP contribution < -0.4 is 14.4 Å². The number of aliphatic hydroxyl groups excluding tert-OH is 1. The summed E-state index contributed by atoms with van der Waals surface area (Å²) in [5, 5.41) is 11.7. The van der Waals surface area contributed by atoms with Crippen molar-refractivity contribution in [3.8, 4) is 11.5 Å². The van der Waals surface area contributed by atoms with Crippen molar-refractivity contribution in [2.24, 2.45) is 0 Å². The Hall–Kier alpha value is -4.17. The van der Waals surface area contributed by atoms with Crippen molar-refractivity contribution in [3.63, 3.8) is 0 Å². The van der Waals surface area contributed by atoms with Gasteiger partial charge in [-0.3, -0.25) is 14.5 Å². The van der Waals surface area contributed by atoms with Crippen molar-refractivity contribution in [2.75, 3.05) is 18.6 Å². The van der Waals surface area contributed by atoms with Gasteiger partial charge in [-0.25, -0.2) is 4.98 Å². The number of thiazole rings is 1. The van der Waals surface area contributed by atoms with Gasteiger partial charge in [0.05, 0.1) is 35.5 Å². The minimum Gasteiger partial charge on any atom is -0.507 e. The Morgan fingerprint density at radius 3 is 2.51 bits per heavy atom. The zero-order valence-corrected chi connectivity index (χ0v) is 21.5. The van der Waals surface area contributed by atoms with Crippen LogP contribution in [0.25, 0.3) is 16.0 Å². The fourth-order valence-corrected chi connectivity index (χ4v) is 5.41. The number of carbonyl (C=O) groups excluding carboxylic acids is 2. The molecule has 1 saturated heterocycles. The number of rotatable bonds is 7. The predicted octanol–water partition coefficient (Wildman–Crippen LogP) is 6.03. The second-order valence-electron chi connectivity index (χ2n) is 8.79. The van der Waals surface area contributed by atoms with E-state index in [1.165, 1.54) is 16.2 Å². The maximum atomic E-state index is 13.4. The Morgan fingerprint density at radius 1 is 1.05 bits per heavy atom. The SMILES string of the molecule is CCCOc1ccc(/C(O)=C2\C(=O)C(=O)N(c3nc4ccc(OC)cc4s3)C2c2cccc(C)c2)cc1. The molecule has 2 heterocycles. The van der Waals surface area contributed by atoms with Gasteiger partial charge in [0.1, 0.15) is 17.3 Å². The lowest BCUT2D eigenvalue weighted by atomic mass is 9.94. The van der Waals surface area contributed by atoms with Crippen LogP contribution >= 0.6 is 11.3 Å². The number of methoxy groups -OCH3 is 1. The van der Waals surface area contributed by atoms with E-state index in [4.69, 9.17) is 9.47 Å². The van der Waals surface area contributed by atoms with E-state index in [0.717, 1.165) is 16.7 Å². The molecular formula is C29H26N2O5S. The monoisotopic (exact) mass is 514 g/mol. The van der Waals surface area contributed by atoms with Crippen LogP contribution in [0.15, 0.2) is 72.3 Å². The number of aliphatic hydroxyl groups is 1. The van der Waals surface area contributed by atoms with Gasteiger partial charge in [0, 0.05) is 5.56 Å². The fourth-order valence-electron chi connectivity index (χ4n) is 4.39. The number of benzene rings is 3. The number of nitrogens with zero attached hydrogens (tertiary/aromatic N) is 2.